The lowest BCUT2D eigenvalue weighted by Crippen LogP contribution is -2.41. The van der Waals surface area contributed by atoms with Crippen molar-refractivity contribution in [2.45, 2.75) is 63.6 Å². The lowest BCUT2D eigenvalue weighted by molar-refractivity contribution is 0.0608. The first-order valence-electron chi connectivity index (χ1n) is 10.3. The highest BCUT2D eigenvalue weighted by Crippen LogP contribution is 2.26. The van der Waals surface area contributed by atoms with Crippen LogP contribution in [0.4, 0.5) is 0 Å². The average Bonchev–Trinajstić information content (AvgIpc) is 3.24. The summed E-state index contributed by atoms with van der Waals surface area (Å²) in [7, 11) is 0. The Morgan fingerprint density at radius 2 is 1.79 bits per heavy atom. The van der Waals surface area contributed by atoms with E-state index < -0.39 is 0 Å². The highest BCUT2D eigenvalue weighted by molar-refractivity contribution is 5.92. The molecular formula is C21H30ClN5O. The van der Waals surface area contributed by atoms with Crippen molar-refractivity contribution in [3.63, 3.8) is 0 Å². The molecule has 7 heteroatoms. The Morgan fingerprint density at radius 3 is 2.50 bits per heavy atom. The van der Waals surface area contributed by atoms with Crippen molar-refractivity contribution < 1.29 is 4.79 Å². The van der Waals surface area contributed by atoms with Crippen molar-refractivity contribution >= 4 is 18.3 Å². The van der Waals surface area contributed by atoms with E-state index >= 15 is 0 Å². The number of rotatable bonds is 5. The molecule has 4 rings (SSSR count). The van der Waals surface area contributed by atoms with Crippen LogP contribution in [0.25, 0.3) is 0 Å². The molecule has 1 saturated heterocycles. The zero-order valence-corrected chi connectivity index (χ0v) is 17.1. The molecule has 1 N–H and O–H groups in total. The number of benzene rings is 1. The standard InChI is InChI=1S/C21H29N5O.ClH/c27-21(20-16-26(24-23-20)19-11-13-22-14-12-19)25(18-9-5-2-6-10-18)15-17-7-3-1-4-8-17;/h1,3-4,7-8,16,18-19,22H,2,5-6,9-15H2;1H. The molecule has 6 nitrogen and oxygen atoms in total. The van der Waals surface area contributed by atoms with Crippen molar-refractivity contribution in [2.24, 2.45) is 0 Å². The maximum Gasteiger partial charge on any atom is 0.276 e. The third kappa shape index (κ3) is 4.92. The Balaban J connectivity index is 0.00000225. The summed E-state index contributed by atoms with van der Waals surface area (Å²) in [5.41, 5.74) is 1.65. The molecule has 0 atom stereocenters. The highest BCUT2D eigenvalue weighted by atomic mass is 35.5. The molecule has 0 bridgehead atoms. The van der Waals surface area contributed by atoms with Gasteiger partial charge >= 0.3 is 0 Å². The predicted molar refractivity (Wildman–Crippen MR) is 112 cm³/mol. The van der Waals surface area contributed by atoms with Crippen LogP contribution in [-0.2, 0) is 6.54 Å². The number of amides is 1. The number of carbonyl (C=O) groups excluding carboxylic acids is 1. The van der Waals surface area contributed by atoms with Crippen LogP contribution in [0.3, 0.4) is 0 Å². The van der Waals surface area contributed by atoms with Gasteiger partial charge in [-0.2, -0.15) is 0 Å². The van der Waals surface area contributed by atoms with Gasteiger partial charge in [0.1, 0.15) is 0 Å². The van der Waals surface area contributed by atoms with Gasteiger partial charge in [-0.05, 0) is 44.3 Å². The Hall–Kier alpha value is -1.92. The third-order valence-electron chi connectivity index (χ3n) is 5.88. The molecule has 0 radical (unpaired) electrons. The lowest BCUT2D eigenvalue weighted by atomic mass is 9.93. The van der Waals surface area contributed by atoms with E-state index in [-0.39, 0.29) is 18.3 Å². The van der Waals surface area contributed by atoms with Crippen molar-refractivity contribution in [1.29, 1.82) is 0 Å². The van der Waals surface area contributed by atoms with Crippen molar-refractivity contribution in [2.75, 3.05) is 13.1 Å². The largest absolute Gasteiger partial charge is 0.330 e. The van der Waals surface area contributed by atoms with Crippen LogP contribution in [-0.4, -0.2) is 44.9 Å². The molecule has 1 saturated carbocycles. The molecule has 152 valence electrons. The summed E-state index contributed by atoms with van der Waals surface area (Å²) in [6, 6.07) is 10.9. The van der Waals surface area contributed by atoms with Crippen LogP contribution in [0, 0.1) is 0 Å². The molecule has 28 heavy (non-hydrogen) atoms. The van der Waals surface area contributed by atoms with E-state index in [0.29, 0.717) is 24.3 Å². The molecule has 1 aliphatic heterocycles. The summed E-state index contributed by atoms with van der Waals surface area (Å²) in [5, 5.41) is 11.9. The maximum absolute atomic E-state index is 13.3. The molecule has 0 spiro atoms. The van der Waals surface area contributed by atoms with Crippen LogP contribution in [0.5, 0.6) is 0 Å². The van der Waals surface area contributed by atoms with E-state index in [4.69, 9.17) is 0 Å². The van der Waals surface area contributed by atoms with Crippen molar-refractivity contribution in [3.05, 3.63) is 47.8 Å². The number of aromatic nitrogens is 3. The summed E-state index contributed by atoms with van der Waals surface area (Å²) < 4.78 is 1.90. The minimum absolute atomic E-state index is 0. The lowest BCUT2D eigenvalue weighted by Gasteiger charge is -2.34. The first kappa shape index (κ1) is 20.8. The van der Waals surface area contributed by atoms with Gasteiger partial charge in [-0.15, -0.1) is 17.5 Å². The monoisotopic (exact) mass is 403 g/mol. The number of hydrogen-bond acceptors (Lipinski definition) is 4. The van der Waals surface area contributed by atoms with E-state index in [1.165, 1.54) is 24.8 Å². The zero-order valence-electron chi connectivity index (χ0n) is 16.3. The Labute approximate surface area is 173 Å². The van der Waals surface area contributed by atoms with Crippen molar-refractivity contribution in [3.8, 4) is 0 Å². The predicted octanol–water partition coefficient (Wildman–Crippen LogP) is 3.60. The second kappa shape index (κ2) is 10.0. The molecule has 1 aromatic carbocycles. The fourth-order valence-corrected chi connectivity index (χ4v) is 4.31. The van der Waals surface area contributed by atoms with Gasteiger partial charge < -0.3 is 10.2 Å². The van der Waals surface area contributed by atoms with Gasteiger partial charge in [0.25, 0.3) is 5.91 Å². The number of carbonyl (C=O) groups is 1. The smallest absolute Gasteiger partial charge is 0.276 e. The van der Waals surface area contributed by atoms with Gasteiger partial charge in [-0.1, -0.05) is 54.8 Å². The number of hydrogen-bond donors (Lipinski definition) is 1. The minimum atomic E-state index is 0. The SMILES string of the molecule is Cl.O=C(c1cn(C2CCNCC2)nn1)N(Cc1ccccc1)C1CCCCC1. The normalized spacial score (nSPS) is 18.4. The number of nitrogens with zero attached hydrogens (tertiary/aromatic N) is 4. The Kier molecular flexibility index (Phi) is 7.45. The summed E-state index contributed by atoms with van der Waals surface area (Å²) in [6.45, 7) is 2.64. The van der Waals surface area contributed by atoms with Crippen LogP contribution < -0.4 is 5.32 Å². The molecule has 2 heterocycles. The summed E-state index contributed by atoms with van der Waals surface area (Å²) in [5.74, 6) is 0.0194. The van der Waals surface area contributed by atoms with Crippen molar-refractivity contribution in [1.82, 2.24) is 25.2 Å². The molecule has 1 aromatic heterocycles. The molecule has 2 aliphatic rings. The number of nitrogens with one attached hydrogen (secondary N) is 1. The topological polar surface area (TPSA) is 63.1 Å². The fourth-order valence-electron chi connectivity index (χ4n) is 4.31. The first-order chi connectivity index (χ1) is 13.3. The average molecular weight is 404 g/mol. The summed E-state index contributed by atoms with van der Waals surface area (Å²) in [6.07, 6.45) is 9.77. The molecule has 1 aliphatic carbocycles. The van der Waals surface area contributed by atoms with E-state index in [0.717, 1.165) is 38.8 Å². The van der Waals surface area contributed by atoms with Crippen LogP contribution in [0.2, 0.25) is 0 Å². The first-order valence-corrected chi connectivity index (χ1v) is 10.3. The van der Waals surface area contributed by atoms with Crippen LogP contribution >= 0.6 is 12.4 Å². The molecule has 2 aromatic rings. The molecule has 1 amide bonds. The molecular weight excluding hydrogens is 374 g/mol. The molecule has 2 fully saturated rings. The maximum atomic E-state index is 13.3. The zero-order chi connectivity index (χ0) is 18.5. The van der Waals surface area contributed by atoms with E-state index in [1.54, 1.807) is 0 Å². The minimum Gasteiger partial charge on any atom is -0.330 e. The third-order valence-corrected chi connectivity index (χ3v) is 5.88. The Bertz CT molecular complexity index is 738. The number of halogens is 1. The van der Waals surface area contributed by atoms with Gasteiger partial charge in [0.15, 0.2) is 5.69 Å². The van der Waals surface area contributed by atoms with E-state index in [9.17, 15) is 4.79 Å². The Morgan fingerprint density at radius 1 is 1.07 bits per heavy atom. The summed E-state index contributed by atoms with van der Waals surface area (Å²) in [4.78, 5) is 15.4. The van der Waals surface area contributed by atoms with E-state index in [1.807, 2.05) is 34.0 Å². The van der Waals surface area contributed by atoms with E-state index in [2.05, 4.69) is 27.8 Å². The summed E-state index contributed by atoms with van der Waals surface area (Å²) >= 11 is 0. The second-order valence-electron chi connectivity index (χ2n) is 7.78. The van der Waals surface area contributed by atoms with Gasteiger partial charge in [0, 0.05) is 12.6 Å². The van der Waals surface area contributed by atoms with Gasteiger partial charge in [-0.25, -0.2) is 4.68 Å². The van der Waals surface area contributed by atoms with Crippen LogP contribution in [0.1, 0.15) is 67.0 Å². The van der Waals surface area contributed by atoms with Gasteiger partial charge in [-0.3, -0.25) is 4.79 Å². The van der Waals surface area contributed by atoms with Gasteiger partial charge in [0.2, 0.25) is 0 Å². The molecule has 0 unspecified atom stereocenters. The second-order valence-corrected chi connectivity index (χ2v) is 7.78. The fraction of sp³-hybridized carbons (Fsp3) is 0.571. The van der Waals surface area contributed by atoms with Gasteiger partial charge in [0.05, 0.1) is 12.2 Å². The quantitative estimate of drug-likeness (QED) is 0.828. The highest BCUT2D eigenvalue weighted by Gasteiger charge is 2.29. The van der Waals surface area contributed by atoms with Crippen LogP contribution in [0.15, 0.2) is 36.5 Å². The number of piperidine rings is 1.